The monoisotopic (exact) mass is 425 g/mol. The maximum absolute atomic E-state index is 6.03. The molecule has 0 heterocycles. The van der Waals surface area contributed by atoms with E-state index in [0.29, 0.717) is 19.8 Å². The average molecular weight is 426 g/mol. The Labute approximate surface area is 186 Å². The Morgan fingerprint density at radius 3 is 2.29 bits per heavy atom. The van der Waals surface area contributed by atoms with Crippen molar-refractivity contribution in [3.8, 4) is 11.5 Å². The third-order valence-corrected chi connectivity index (χ3v) is 4.75. The molecule has 0 saturated heterocycles. The highest BCUT2D eigenvalue weighted by atomic mass is 16.6. The van der Waals surface area contributed by atoms with Crippen LogP contribution in [0.2, 0.25) is 0 Å². The molecule has 5 heteroatoms. The molecule has 0 saturated carbocycles. The van der Waals surface area contributed by atoms with Gasteiger partial charge in [-0.2, -0.15) is 0 Å². The van der Waals surface area contributed by atoms with Gasteiger partial charge in [0.25, 0.3) is 0 Å². The van der Waals surface area contributed by atoms with Gasteiger partial charge in [0, 0.05) is 6.61 Å². The fraction of sp³-hybridized carbons (Fsp3) is 0.423. The van der Waals surface area contributed by atoms with Crippen molar-refractivity contribution in [2.45, 2.75) is 46.6 Å². The number of aryl methyl sites for hydroxylation is 2. The standard InChI is InChI=1S/C26H35NO4/c1-5-6-15-30-25-17-21(2)26(22(3)18-25)31-16-9-7-8-14-29-20-24-12-10-23(11-13-24)19-27-28-4/h5-6,10-13,17-19H,7-9,14-16,20H2,1-4H3/b6-5+,27-19+. The van der Waals surface area contributed by atoms with Crippen LogP contribution in [0.4, 0.5) is 0 Å². The molecule has 5 nitrogen and oxygen atoms in total. The summed E-state index contributed by atoms with van der Waals surface area (Å²) in [7, 11) is 1.53. The Morgan fingerprint density at radius 1 is 0.903 bits per heavy atom. The van der Waals surface area contributed by atoms with Crippen LogP contribution in [0.1, 0.15) is 48.4 Å². The van der Waals surface area contributed by atoms with Gasteiger partial charge in [-0.3, -0.25) is 0 Å². The first-order chi connectivity index (χ1) is 15.1. The van der Waals surface area contributed by atoms with E-state index >= 15 is 0 Å². The number of oxime groups is 1. The van der Waals surface area contributed by atoms with Crippen molar-refractivity contribution in [2.24, 2.45) is 5.16 Å². The molecule has 0 unspecified atom stereocenters. The lowest BCUT2D eigenvalue weighted by atomic mass is 10.1. The summed E-state index contributed by atoms with van der Waals surface area (Å²) in [5.74, 6) is 1.85. The number of unbranched alkanes of at least 4 members (excludes halogenated alkanes) is 2. The Balaban J connectivity index is 1.60. The molecule has 0 radical (unpaired) electrons. The number of ether oxygens (including phenoxy) is 3. The largest absolute Gasteiger partial charge is 0.493 e. The zero-order chi connectivity index (χ0) is 22.3. The smallest absolute Gasteiger partial charge is 0.125 e. The molecule has 2 aromatic carbocycles. The van der Waals surface area contributed by atoms with Crippen molar-refractivity contribution in [1.82, 2.24) is 0 Å². The molecule has 31 heavy (non-hydrogen) atoms. The molecule has 0 aliphatic rings. The summed E-state index contributed by atoms with van der Waals surface area (Å²) in [5, 5.41) is 3.75. The first-order valence-electron chi connectivity index (χ1n) is 10.8. The van der Waals surface area contributed by atoms with E-state index < -0.39 is 0 Å². The van der Waals surface area contributed by atoms with Gasteiger partial charge >= 0.3 is 0 Å². The van der Waals surface area contributed by atoms with Crippen molar-refractivity contribution in [2.75, 3.05) is 26.9 Å². The van der Waals surface area contributed by atoms with Gasteiger partial charge < -0.3 is 19.0 Å². The second-order valence-electron chi connectivity index (χ2n) is 7.39. The molecule has 0 amide bonds. The molecule has 2 aromatic rings. The van der Waals surface area contributed by atoms with Crippen LogP contribution in [0.3, 0.4) is 0 Å². The molecular weight excluding hydrogens is 390 g/mol. The third kappa shape index (κ3) is 9.26. The van der Waals surface area contributed by atoms with Crippen LogP contribution in [0.25, 0.3) is 0 Å². The number of hydrogen-bond donors (Lipinski definition) is 0. The first kappa shape index (κ1) is 24.5. The number of benzene rings is 2. The van der Waals surface area contributed by atoms with Crippen molar-refractivity contribution in [3.05, 3.63) is 70.8 Å². The molecule has 2 rings (SSSR count). The molecule has 0 N–H and O–H groups in total. The van der Waals surface area contributed by atoms with Gasteiger partial charge in [0.05, 0.1) is 19.4 Å². The van der Waals surface area contributed by atoms with Gasteiger partial charge in [0.15, 0.2) is 0 Å². The highest BCUT2D eigenvalue weighted by Crippen LogP contribution is 2.28. The van der Waals surface area contributed by atoms with Crippen molar-refractivity contribution in [3.63, 3.8) is 0 Å². The van der Waals surface area contributed by atoms with Crippen LogP contribution >= 0.6 is 0 Å². The number of rotatable bonds is 14. The van der Waals surface area contributed by atoms with Gasteiger partial charge in [-0.15, -0.1) is 0 Å². The molecule has 0 aliphatic heterocycles. The zero-order valence-corrected chi connectivity index (χ0v) is 19.2. The minimum absolute atomic E-state index is 0.589. The fourth-order valence-electron chi connectivity index (χ4n) is 3.12. The average Bonchev–Trinajstić information content (AvgIpc) is 2.76. The Morgan fingerprint density at radius 2 is 1.61 bits per heavy atom. The molecular formula is C26H35NO4. The maximum atomic E-state index is 6.03. The van der Waals surface area contributed by atoms with Gasteiger partial charge in [-0.05, 0) is 74.4 Å². The lowest BCUT2D eigenvalue weighted by Gasteiger charge is -2.14. The van der Waals surface area contributed by atoms with E-state index in [-0.39, 0.29) is 0 Å². The van der Waals surface area contributed by atoms with E-state index in [0.717, 1.165) is 59.6 Å². The molecule has 0 aromatic heterocycles. The number of nitrogens with zero attached hydrogens (tertiary/aromatic N) is 1. The normalized spacial score (nSPS) is 11.4. The highest BCUT2D eigenvalue weighted by molar-refractivity contribution is 5.79. The van der Waals surface area contributed by atoms with Gasteiger partial charge in [0.2, 0.25) is 0 Å². The second kappa shape index (κ2) is 14.3. The molecule has 0 fully saturated rings. The van der Waals surface area contributed by atoms with Crippen LogP contribution in [-0.2, 0) is 16.2 Å². The van der Waals surface area contributed by atoms with Crippen LogP contribution in [0.5, 0.6) is 11.5 Å². The van der Waals surface area contributed by atoms with Crippen LogP contribution < -0.4 is 9.47 Å². The Hall–Kier alpha value is -2.79. The summed E-state index contributed by atoms with van der Waals surface area (Å²) >= 11 is 0. The predicted octanol–water partition coefficient (Wildman–Crippen LogP) is 6.00. The van der Waals surface area contributed by atoms with Crippen molar-refractivity contribution >= 4 is 6.21 Å². The Kier molecular flexibility index (Phi) is 11.3. The molecule has 0 bridgehead atoms. The number of allylic oxidation sites excluding steroid dienone is 1. The summed E-state index contributed by atoms with van der Waals surface area (Å²) in [5.41, 5.74) is 4.38. The molecule has 0 aliphatic carbocycles. The molecule has 0 spiro atoms. The summed E-state index contributed by atoms with van der Waals surface area (Å²) in [6, 6.07) is 12.2. The quantitative estimate of drug-likeness (QED) is 0.161. The summed E-state index contributed by atoms with van der Waals surface area (Å²) in [6.45, 7) is 8.80. The topological polar surface area (TPSA) is 49.3 Å². The predicted molar refractivity (Wildman–Crippen MR) is 126 cm³/mol. The van der Waals surface area contributed by atoms with Gasteiger partial charge in [-0.1, -0.05) is 41.6 Å². The van der Waals surface area contributed by atoms with Crippen LogP contribution in [0, 0.1) is 13.8 Å². The highest BCUT2D eigenvalue weighted by Gasteiger charge is 2.07. The molecule has 168 valence electrons. The van der Waals surface area contributed by atoms with E-state index in [4.69, 9.17) is 14.2 Å². The SMILES string of the molecule is C/C=C/COc1cc(C)c(OCCCCCOCc2ccc(/C=N/OC)cc2)c(C)c1. The zero-order valence-electron chi connectivity index (χ0n) is 19.2. The summed E-state index contributed by atoms with van der Waals surface area (Å²) < 4.78 is 17.5. The van der Waals surface area contributed by atoms with Crippen molar-refractivity contribution in [1.29, 1.82) is 0 Å². The maximum Gasteiger partial charge on any atom is 0.125 e. The second-order valence-corrected chi connectivity index (χ2v) is 7.39. The lowest BCUT2D eigenvalue weighted by molar-refractivity contribution is 0.116. The van der Waals surface area contributed by atoms with E-state index in [1.165, 1.54) is 7.11 Å². The van der Waals surface area contributed by atoms with Gasteiger partial charge in [-0.25, -0.2) is 0 Å². The van der Waals surface area contributed by atoms with E-state index in [1.54, 1.807) is 6.21 Å². The van der Waals surface area contributed by atoms with Crippen LogP contribution in [-0.4, -0.2) is 33.1 Å². The third-order valence-electron chi connectivity index (χ3n) is 4.75. The minimum atomic E-state index is 0.589. The molecule has 0 atom stereocenters. The fourth-order valence-corrected chi connectivity index (χ4v) is 3.12. The lowest BCUT2D eigenvalue weighted by Crippen LogP contribution is -2.03. The summed E-state index contributed by atoms with van der Waals surface area (Å²) in [6.07, 6.45) is 8.78. The van der Waals surface area contributed by atoms with E-state index in [9.17, 15) is 0 Å². The minimum Gasteiger partial charge on any atom is -0.493 e. The van der Waals surface area contributed by atoms with E-state index in [1.807, 2.05) is 55.5 Å². The number of hydrogen-bond acceptors (Lipinski definition) is 5. The summed E-state index contributed by atoms with van der Waals surface area (Å²) in [4.78, 5) is 4.68. The first-order valence-corrected chi connectivity index (χ1v) is 10.8. The Bertz CT molecular complexity index is 805. The van der Waals surface area contributed by atoms with Crippen LogP contribution in [0.15, 0.2) is 53.7 Å². The van der Waals surface area contributed by atoms with Crippen molar-refractivity contribution < 1.29 is 19.0 Å². The van der Waals surface area contributed by atoms with Gasteiger partial charge in [0.1, 0.15) is 25.2 Å². The van der Waals surface area contributed by atoms with E-state index in [2.05, 4.69) is 23.8 Å².